The first kappa shape index (κ1) is 11.7. The molecule has 1 amide bonds. The summed E-state index contributed by atoms with van der Waals surface area (Å²) in [5.41, 5.74) is 5.75. The van der Waals surface area contributed by atoms with E-state index in [0.29, 0.717) is 18.9 Å². The minimum absolute atomic E-state index is 0.224. The average Bonchev–Trinajstić information content (AvgIpc) is 2.27. The van der Waals surface area contributed by atoms with E-state index >= 15 is 0 Å². The second kappa shape index (κ2) is 6.19. The number of carbonyl (C=O) groups is 1. The Morgan fingerprint density at radius 3 is 3.07 bits per heavy atom. The first-order valence-corrected chi connectivity index (χ1v) is 5.15. The first-order valence-electron chi connectivity index (χ1n) is 5.15. The van der Waals surface area contributed by atoms with Crippen molar-refractivity contribution >= 4 is 5.91 Å². The summed E-state index contributed by atoms with van der Waals surface area (Å²) >= 11 is 0. The molecule has 2 N–H and O–H groups in total. The summed E-state index contributed by atoms with van der Waals surface area (Å²) in [6, 6.07) is -0.480. The fourth-order valence-electron chi connectivity index (χ4n) is 1.51. The van der Waals surface area contributed by atoms with Crippen molar-refractivity contribution in [3.63, 3.8) is 0 Å². The number of hydrogen-bond donors (Lipinski definition) is 1. The van der Waals surface area contributed by atoms with Crippen LogP contribution in [0.15, 0.2) is 37.0 Å². The van der Waals surface area contributed by atoms with E-state index in [1.807, 2.05) is 12.2 Å². The molecule has 0 spiro atoms. The van der Waals surface area contributed by atoms with E-state index in [4.69, 9.17) is 5.73 Å². The monoisotopic (exact) mass is 205 g/mol. The summed E-state index contributed by atoms with van der Waals surface area (Å²) in [5, 5.41) is 3.78. The fourth-order valence-corrected chi connectivity index (χ4v) is 1.51. The molecule has 0 aromatic heterocycles. The summed E-state index contributed by atoms with van der Waals surface area (Å²) < 4.78 is 0. The third-order valence-corrected chi connectivity index (χ3v) is 2.32. The standard InChI is InChI=1S/C12H17N2O/c1-2-8-14-12(15)11(13)9-10-6-4-3-5-7-10/h2-6,10-11H,1,7-9,13H2/t10?,11-/m0/s1. The summed E-state index contributed by atoms with van der Waals surface area (Å²) in [4.78, 5) is 11.4. The molecule has 2 atom stereocenters. The fraction of sp³-hybridized carbons (Fsp3) is 0.417. The lowest BCUT2D eigenvalue weighted by atomic mass is 9.93. The minimum atomic E-state index is -0.480. The average molecular weight is 205 g/mol. The van der Waals surface area contributed by atoms with Gasteiger partial charge in [-0.05, 0) is 18.8 Å². The molecule has 1 aliphatic rings. The molecule has 0 aromatic carbocycles. The van der Waals surface area contributed by atoms with Gasteiger partial charge in [0.05, 0.1) is 12.6 Å². The Labute approximate surface area is 90.7 Å². The van der Waals surface area contributed by atoms with Gasteiger partial charge in [-0.1, -0.05) is 30.4 Å². The van der Waals surface area contributed by atoms with Gasteiger partial charge in [0.15, 0.2) is 0 Å². The van der Waals surface area contributed by atoms with E-state index in [2.05, 4.69) is 24.0 Å². The molecule has 3 heteroatoms. The van der Waals surface area contributed by atoms with Crippen LogP contribution in [-0.4, -0.2) is 18.5 Å². The van der Waals surface area contributed by atoms with E-state index < -0.39 is 6.04 Å². The Hall–Kier alpha value is -1.35. The predicted octanol–water partition coefficient (Wildman–Crippen LogP) is 1.15. The van der Waals surface area contributed by atoms with Gasteiger partial charge in [-0.15, -0.1) is 6.58 Å². The van der Waals surface area contributed by atoms with E-state index in [9.17, 15) is 4.79 Å². The Morgan fingerprint density at radius 1 is 1.67 bits per heavy atom. The highest BCUT2D eigenvalue weighted by Crippen LogP contribution is 2.16. The highest BCUT2D eigenvalue weighted by atomic mass is 16.2. The van der Waals surface area contributed by atoms with Gasteiger partial charge < -0.3 is 5.73 Å². The topological polar surface area (TPSA) is 57.2 Å². The van der Waals surface area contributed by atoms with E-state index in [-0.39, 0.29) is 5.91 Å². The first-order chi connectivity index (χ1) is 7.24. The number of rotatable bonds is 5. The SMILES string of the molecule is C=CC[N]C(=O)[C@@H](N)CC1C=CC=CC1. The summed E-state index contributed by atoms with van der Waals surface area (Å²) in [7, 11) is 0. The van der Waals surface area contributed by atoms with Crippen LogP contribution in [0.4, 0.5) is 0 Å². The minimum Gasteiger partial charge on any atom is -0.320 e. The number of nitrogens with two attached hydrogens (primary N) is 1. The van der Waals surface area contributed by atoms with Gasteiger partial charge in [-0.25, -0.2) is 5.32 Å². The quantitative estimate of drug-likeness (QED) is 0.684. The molecular formula is C12H17N2O. The van der Waals surface area contributed by atoms with Crippen LogP contribution in [0.3, 0.4) is 0 Å². The van der Waals surface area contributed by atoms with Crippen LogP contribution in [0.5, 0.6) is 0 Å². The van der Waals surface area contributed by atoms with Crippen LogP contribution in [0, 0.1) is 5.92 Å². The largest absolute Gasteiger partial charge is 0.320 e. The molecule has 0 bridgehead atoms. The Morgan fingerprint density at radius 2 is 2.47 bits per heavy atom. The molecule has 0 aliphatic heterocycles. The van der Waals surface area contributed by atoms with E-state index in [1.54, 1.807) is 6.08 Å². The van der Waals surface area contributed by atoms with Crippen molar-refractivity contribution in [2.24, 2.45) is 11.7 Å². The lowest BCUT2D eigenvalue weighted by Gasteiger charge is -2.16. The molecular weight excluding hydrogens is 188 g/mol. The summed E-state index contributed by atoms with van der Waals surface area (Å²) in [6.45, 7) is 3.85. The molecule has 3 nitrogen and oxygen atoms in total. The zero-order chi connectivity index (χ0) is 11.1. The molecule has 15 heavy (non-hydrogen) atoms. The van der Waals surface area contributed by atoms with Crippen molar-refractivity contribution in [1.82, 2.24) is 5.32 Å². The molecule has 0 fully saturated rings. The van der Waals surface area contributed by atoms with Crippen LogP contribution >= 0.6 is 0 Å². The Kier molecular flexibility index (Phi) is 4.84. The number of nitrogens with zero attached hydrogens (tertiary/aromatic N) is 1. The van der Waals surface area contributed by atoms with Crippen LogP contribution in [0.25, 0.3) is 0 Å². The van der Waals surface area contributed by atoms with Gasteiger partial charge in [0.2, 0.25) is 0 Å². The summed E-state index contributed by atoms with van der Waals surface area (Å²) in [5.74, 6) is 0.144. The third-order valence-electron chi connectivity index (χ3n) is 2.32. The van der Waals surface area contributed by atoms with Gasteiger partial charge in [0.1, 0.15) is 0 Å². The zero-order valence-electron chi connectivity index (χ0n) is 8.80. The normalized spacial score (nSPS) is 21.0. The third kappa shape index (κ3) is 4.13. The van der Waals surface area contributed by atoms with Crippen LogP contribution in [0.1, 0.15) is 12.8 Å². The zero-order valence-corrected chi connectivity index (χ0v) is 8.80. The maximum absolute atomic E-state index is 11.4. The molecule has 0 heterocycles. The number of hydrogen-bond acceptors (Lipinski definition) is 2. The van der Waals surface area contributed by atoms with Crippen molar-refractivity contribution in [1.29, 1.82) is 0 Å². The van der Waals surface area contributed by atoms with Gasteiger partial charge in [-0.2, -0.15) is 0 Å². The maximum atomic E-state index is 11.4. The van der Waals surface area contributed by atoms with E-state index in [1.165, 1.54) is 0 Å². The van der Waals surface area contributed by atoms with Gasteiger partial charge >= 0.3 is 0 Å². The van der Waals surface area contributed by atoms with Crippen molar-refractivity contribution in [3.05, 3.63) is 37.0 Å². The Balaban J connectivity index is 2.30. The van der Waals surface area contributed by atoms with Gasteiger partial charge in [-0.3, -0.25) is 4.79 Å². The van der Waals surface area contributed by atoms with Gasteiger partial charge in [0.25, 0.3) is 5.91 Å². The van der Waals surface area contributed by atoms with Gasteiger partial charge in [0, 0.05) is 0 Å². The molecule has 0 aromatic rings. The molecule has 1 aliphatic carbocycles. The summed E-state index contributed by atoms with van der Waals surface area (Å²) in [6.07, 6.45) is 11.4. The lowest BCUT2D eigenvalue weighted by molar-refractivity contribution is -0.122. The number of allylic oxidation sites excluding steroid dienone is 4. The second-order valence-electron chi connectivity index (χ2n) is 3.62. The van der Waals surface area contributed by atoms with Crippen LogP contribution < -0.4 is 11.1 Å². The highest BCUT2D eigenvalue weighted by Gasteiger charge is 2.18. The van der Waals surface area contributed by atoms with Crippen LogP contribution in [0.2, 0.25) is 0 Å². The number of carbonyl (C=O) groups excluding carboxylic acids is 1. The van der Waals surface area contributed by atoms with Crippen LogP contribution in [-0.2, 0) is 4.79 Å². The maximum Gasteiger partial charge on any atom is 0.258 e. The highest BCUT2D eigenvalue weighted by molar-refractivity contribution is 5.81. The molecule has 81 valence electrons. The lowest BCUT2D eigenvalue weighted by Crippen LogP contribution is -2.38. The van der Waals surface area contributed by atoms with Crippen molar-refractivity contribution in [2.75, 3.05) is 6.54 Å². The molecule has 1 unspecified atom stereocenters. The van der Waals surface area contributed by atoms with Crippen molar-refractivity contribution in [2.45, 2.75) is 18.9 Å². The smallest absolute Gasteiger partial charge is 0.258 e. The molecule has 0 saturated carbocycles. The molecule has 1 radical (unpaired) electrons. The van der Waals surface area contributed by atoms with E-state index in [0.717, 1.165) is 6.42 Å². The molecule has 1 rings (SSSR count). The Bertz CT molecular complexity index is 281. The molecule has 0 saturated heterocycles. The van der Waals surface area contributed by atoms with Crippen molar-refractivity contribution in [3.8, 4) is 0 Å². The predicted molar refractivity (Wildman–Crippen MR) is 61.2 cm³/mol. The van der Waals surface area contributed by atoms with Crippen molar-refractivity contribution < 1.29 is 4.79 Å². The second-order valence-corrected chi connectivity index (χ2v) is 3.62. The number of amides is 1.